The summed E-state index contributed by atoms with van der Waals surface area (Å²) in [4.78, 5) is 5.24. The van der Waals surface area contributed by atoms with Gasteiger partial charge in [-0.05, 0) is 115 Å². The lowest BCUT2D eigenvalue weighted by Crippen LogP contribution is -2.25. The minimum atomic E-state index is 0.0599. The van der Waals surface area contributed by atoms with Gasteiger partial charge in [-0.2, -0.15) is 0 Å². The van der Waals surface area contributed by atoms with Gasteiger partial charge in [0.1, 0.15) is 0 Å². The highest BCUT2D eigenvalue weighted by atomic mass is 14.7. The zero-order valence-corrected chi connectivity index (χ0v) is 39.0. The van der Waals surface area contributed by atoms with Crippen molar-refractivity contribution in [2.24, 2.45) is 0 Å². The molecule has 61 heavy (non-hydrogen) atoms. The summed E-state index contributed by atoms with van der Waals surface area (Å²) in [6.45, 7) is 18.3. The van der Waals surface area contributed by atoms with Crippen molar-refractivity contribution in [3.63, 3.8) is 0 Å². The minimum absolute atomic E-state index is 0.0599. The molecule has 0 amide bonds. The molecule has 1 aliphatic rings. The molecule has 1 aliphatic carbocycles. The summed E-state index contributed by atoms with van der Waals surface area (Å²) in [6.07, 6.45) is 20.5. The van der Waals surface area contributed by atoms with Crippen LogP contribution in [0.25, 0.3) is 55.8 Å². The van der Waals surface area contributed by atoms with Crippen molar-refractivity contribution in [3.05, 3.63) is 150 Å². The third-order valence-corrected chi connectivity index (χ3v) is 13.7. The van der Waals surface area contributed by atoms with E-state index < -0.39 is 0 Å². The average molecular weight is 808 g/mol. The molecule has 1 nitrogen and oxygen atoms in total. The van der Waals surface area contributed by atoms with E-state index in [0.29, 0.717) is 0 Å². The van der Waals surface area contributed by atoms with E-state index in [1.807, 2.05) is 0 Å². The van der Waals surface area contributed by atoms with E-state index in [0.717, 1.165) is 11.3 Å². The lowest BCUT2D eigenvalue weighted by Gasteiger charge is -2.33. The van der Waals surface area contributed by atoms with E-state index in [1.54, 1.807) is 5.56 Å². The van der Waals surface area contributed by atoms with Crippen molar-refractivity contribution in [1.82, 2.24) is 4.98 Å². The summed E-state index contributed by atoms with van der Waals surface area (Å²) in [7, 11) is 0. The van der Waals surface area contributed by atoms with Gasteiger partial charge >= 0.3 is 0 Å². The van der Waals surface area contributed by atoms with E-state index in [1.165, 1.54) is 151 Å². The molecule has 0 aliphatic heterocycles. The van der Waals surface area contributed by atoms with Gasteiger partial charge in [0.2, 0.25) is 0 Å². The van der Waals surface area contributed by atoms with E-state index in [2.05, 4.69) is 183 Å². The van der Waals surface area contributed by atoms with Crippen LogP contribution in [0.2, 0.25) is 0 Å². The summed E-state index contributed by atoms with van der Waals surface area (Å²) in [5.74, 6) is 0. The molecule has 5 aromatic carbocycles. The molecular formula is C60H73N. The lowest BCUT2D eigenvalue weighted by molar-refractivity contribution is 0.398. The fraction of sp³-hybridized carbons (Fsp3) is 0.417. The van der Waals surface area contributed by atoms with E-state index in [9.17, 15) is 0 Å². The molecule has 0 spiro atoms. The van der Waals surface area contributed by atoms with Crippen LogP contribution < -0.4 is 0 Å². The lowest BCUT2D eigenvalue weighted by atomic mass is 9.70. The minimum Gasteiger partial charge on any atom is -0.256 e. The van der Waals surface area contributed by atoms with Gasteiger partial charge in [0.05, 0.1) is 5.69 Å². The summed E-state index contributed by atoms with van der Waals surface area (Å²) < 4.78 is 0. The number of pyridine rings is 1. The molecule has 0 radical (unpaired) electrons. The van der Waals surface area contributed by atoms with Crippen LogP contribution in [0.5, 0.6) is 0 Å². The van der Waals surface area contributed by atoms with Gasteiger partial charge in [0, 0.05) is 22.7 Å². The summed E-state index contributed by atoms with van der Waals surface area (Å²) in [5.41, 5.74) is 18.5. The topological polar surface area (TPSA) is 12.9 Å². The van der Waals surface area contributed by atoms with Crippen LogP contribution in [0.1, 0.15) is 168 Å². The number of benzene rings is 5. The maximum atomic E-state index is 5.24. The van der Waals surface area contributed by atoms with Crippen LogP contribution in [0.3, 0.4) is 0 Å². The number of nitrogens with zero attached hydrogens (tertiary/aromatic N) is 1. The Balaban J connectivity index is 1.23. The van der Waals surface area contributed by atoms with Crippen LogP contribution in [-0.4, -0.2) is 4.98 Å². The Kier molecular flexibility index (Phi) is 14.2. The van der Waals surface area contributed by atoms with Crippen molar-refractivity contribution in [2.45, 2.75) is 162 Å². The van der Waals surface area contributed by atoms with Gasteiger partial charge in [-0.25, -0.2) is 0 Å². The van der Waals surface area contributed by atoms with Crippen LogP contribution in [-0.2, 0) is 16.2 Å². The van der Waals surface area contributed by atoms with Gasteiger partial charge in [0.15, 0.2) is 0 Å². The van der Waals surface area contributed by atoms with Crippen molar-refractivity contribution >= 4 is 0 Å². The third-order valence-electron chi connectivity index (χ3n) is 13.7. The molecular weight excluding hydrogens is 735 g/mol. The zero-order chi connectivity index (χ0) is 43.0. The van der Waals surface area contributed by atoms with Crippen LogP contribution in [0.4, 0.5) is 0 Å². The maximum Gasteiger partial charge on any atom is 0.0702 e. The Hall–Kier alpha value is -4.75. The summed E-state index contributed by atoms with van der Waals surface area (Å²) in [6, 6.07) is 46.6. The van der Waals surface area contributed by atoms with Crippen LogP contribution in [0.15, 0.2) is 128 Å². The van der Waals surface area contributed by atoms with Crippen molar-refractivity contribution in [3.8, 4) is 55.8 Å². The van der Waals surface area contributed by atoms with Gasteiger partial charge < -0.3 is 0 Å². The molecule has 0 N–H and O–H groups in total. The Bertz CT molecular complexity index is 2240. The molecule has 7 rings (SSSR count). The zero-order valence-electron chi connectivity index (χ0n) is 39.0. The second kappa shape index (κ2) is 19.5. The quantitative estimate of drug-likeness (QED) is 0.0788. The predicted molar refractivity (Wildman–Crippen MR) is 266 cm³/mol. The molecule has 0 fully saturated rings. The van der Waals surface area contributed by atoms with Gasteiger partial charge in [-0.3, -0.25) is 4.98 Å². The highest BCUT2D eigenvalue weighted by molar-refractivity contribution is 5.85. The smallest absolute Gasteiger partial charge is 0.0702 e. The monoisotopic (exact) mass is 808 g/mol. The molecule has 1 aromatic heterocycles. The number of fused-ring (bicyclic) bond motifs is 3. The Morgan fingerprint density at radius 2 is 0.836 bits per heavy atom. The highest BCUT2D eigenvalue weighted by Gasteiger charge is 2.42. The van der Waals surface area contributed by atoms with Crippen LogP contribution in [0, 0.1) is 0 Å². The Labute approximate surface area is 370 Å². The normalized spacial score (nSPS) is 13.3. The second-order valence-electron chi connectivity index (χ2n) is 20.3. The SMILES string of the molecule is CCCCCCCCC1(CCCCCCCC)c2ccccc2-c2ccc(-c3ccc(-c4cc(-c5ccc(C(C)(C)C)cc5)cc(-c5ccc(C(C)(C)C)cc5)c4)cn3)cc21. The fourth-order valence-corrected chi connectivity index (χ4v) is 9.88. The van der Waals surface area contributed by atoms with E-state index in [-0.39, 0.29) is 16.2 Å². The molecule has 1 heterocycles. The first-order valence-electron chi connectivity index (χ1n) is 24.0. The first-order chi connectivity index (χ1) is 29.4. The standard InChI is InChI=1S/C60H73N/c1-9-11-13-15-17-21-37-60(38-22-18-16-14-12-10-2)55-24-20-19-23-53(55)54-35-29-46(42-56(54)60)57-36-30-47(43-61-57)50-40-48(44-25-31-51(32-26-44)58(3,4)5)39-49(41-50)45-27-33-52(34-28-45)59(6,7)8/h19-20,23-36,39-43H,9-18,21-22,37-38H2,1-8H3. The first kappa shape index (κ1) is 44.3. The van der Waals surface area contributed by atoms with Gasteiger partial charge in [-0.1, -0.05) is 223 Å². The third kappa shape index (κ3) is 10.3. The predicted octanol–water partition coefficient (Wildman–Crippen LogP) is 18.1. The molecule has 0 saturated carbocycles. The fourth-order valence-electron chi connectivity index (χ4n) is 9.88. The Morgan fingerprint density at radius 3 is 1.33 bits per heavy atom. The second-order valence-corrected chi connectivity index (χ2v) is 20.3. The van der Waals surface area contributed by atoms with E-state index in [4.69, 9.17) is 4.98 Å². The molecule has 0 atom stereocenters. The molecule has 6 aromatic rings. The Morgan fingerprint density at radius 1 is 0.393 bits per heavy atom. The number of hydrogen-bond acceptors (Lipinski definition) is 1. The summed E-state index contributed by atoms with van der Waals surface area (Å²) >= 11 is 0. The first-order valence-corrected chi connectivity index (χ1v) is 24.0. The largest absolute Gasteiger partial charge is 0.256 e. The molecule has 0 bridgehead atoms. The van der Waals surface area contributed by atoms with Crippen LogP contribution >= 0.6 is 0 Å². The van der Waals surface area contributed by atoms with Crippen molar-refractivity contribution < 1.29 is 0 Å². The summed E-state index contributed by atoms with van der Waals surface area (Å²) in [5, 5.41) is 0. The van der Waals surface area contributed by atoms with Crippen molar-refractivity contribution in [2.75, 3.05) is 0 Å². The van der Waals surface area contributed by atoms with Gasteiger partial charge in [0.25, 0.3) is 0 Å². The molecule has 0 saturated heterocycles. The highest BCUT2D eigenvalue weighted by Crippen LogP contribution is 2.55. The number of aromatic nitrogens is 1. The number of rotatable bonds is 18. The molecule has 1 heteroatoms. The van der Waals surface area contributed by atoms with Gasteiger partial charge in [-0.15, -0.1) is 0 Å². The average Bonchev–Trinajstić information content (AvgIpc) is 3.54. The van der Waals surface area contributed by atoms with E-state index >= 15 is 0 Å². The number of unbranched alkanes of at least 4 members (excludes halogenated alkanes) is 10. The maximum absolute atomic E-state index is 5.24. The van der Waals surface area contributed by atoms with Crippen molar-refractivity contribution in [1.29, 1.82) is 0 Å². The molecule has 0 unspecified atom stereocenters. The number of hydrogen-bond donors (Lipinski definition) is 0. The molecule has 318 valence electrons.